The van der Waals surface area contributed by atoms with Crippen molar-refractivity contribution in [1.82, 2.24) is 0 Å². The molecule has 3 saturated carbocycles. The van der Waals surface area contributed by atoms with Crippen molar-refractivity contribution in [3.63, 3.8) is 0 Å². The van der Waals surface area contributed by atoms with Gasteiger partial charge in [-0.25, -0.2) is 0 Å². The Morgan fingerprint density at radius 1 is 1.13 bits per heavy atom. The van der Waals surface area contributed by atoms with Crippen LogP contribution in [-0.4, -0.2) is 17.3 Å². The lowest BCUT2D eigenvalue weighted by molar-refractivity contribution is -0.136. The highest BCUT2D eigenvalue weighted by Gasteiger charge is 2.60. The smallest absolute Gasteiger partial charge is 0.0740 e. The largest absolute Gasteiger partial charge is 0.398 e. The average Bonchev–Trinajstić information content (AvgIpc) is 3.34. The van der Waals surface area contributed by atoms with Crippen molar-refractivity contribution in [2.75, 3.05) is 5.73 Å². The van der Waals surface area contributed by atoms with Crippen LogP contribution in [0.5, 0.6) is 0 Å². The Hall–Kier alpha value is -1.06. The highest BCUT2D eigenvalue weighted by molar-refractivity contribution is 5.45. The van der Waals surface area contributed by atoms with Crippen LogP contribution >= 0.6 is 0 Å². The lowest BCUT2D eigenvalue weighted by Gasteiger charge is -2.49. The number of rotatable bonds is 3. The van der Waals surface area contributed by atoms with Gasteiger partial charge in [-0.05, 0) is 54.9 Å². The standard InChI is InChI=1S/C20H29NO2/c1-11-7-8-17(23-10-13-5-3-4-6-16(13)21)19-18(11)12(2)14-9-15(14)20(19)22/h3-6,11-12,14-15,17-20,22H,7-10,21H2,1-2H3. The minimum absolute atomic E-state index is 0.165. The Kier molecular flexibility index (Phi) is 3.89. The van der Waals surface area contributed by atoms with E-state index >= 15 is 0 Å². The van der Waals surface area contributed by atoms with Crippen molar-refractivity contribution in [3.8, 4) is 0 Å². The van der Waals surface area contributed by atoms with E-state index in [1.165, 1.54) is 12.8 Å². The molecule has 0 heterocycles. The number of hydrogen-bond acceptors (Lipinski definition) is 3. The first kappa shape index (κ1) is 15.5. The van der Waals surface area contributed by atoms with Crippen LogP contribution in [0.3, 0.4) is 0 Å². The van der Waals surface area contributed by atoms with Crippen molar-refractivity contribution in [1.29, 1.82) is 0 Å². The molecule has 3 heteroatoms. The third-order valence-electron chi connectivity index (χ3n) is 6.95. The zero-order chi connectivity index (χ0) is 16.1. The lowest BCUT2D eigenvalue weighted by atomic mass is 9.59. The molecular weight excluding hydrogens is 286 g/mol. The summed E-state index contributed by atoms with van der Waals surface area (Å²) >= 11 is 0. The first-order valence-electron chi connectivity index (χ1n) is 9.21. The summed E-state index contributed by atoms with van der Waals surface area (Å²) in [6, 6.07) is 7.93. The van der Waals surface area contributed by atoms with Gasteiger partial charge in [0.1, 0.15) is 0 Å². The summed E-state index contributed by atoms with van der Waals surface area (Å²) in [6.07, 6.45) is 3.51. The maximum atomic E-state index is 10.9. The fourth-order valence-electron chi connectivity index (χ4n) is 5.62. The number of nitrogens with two attached hydrogens (primary N) is 1. The van der Waals surface area contributed by atoms with Crippen molar-refractivity contribution < 1.29 is 9.84 Å². The molecule has 0 aliphatic heterocycles. The van der Waals surface area contributed by atoms with E-state index in [1.807, 2.05) is 24.3 Å². The van der Waals surface area contributed by atoms with Gasteiger partial charge in [0.15, 0.2) is 0 Å². The molecule has 1 aromatic carbocycles. The van der Waals surface area contributed by atoms with Gasteiger partial charge in [0.05, 0.1) is 18.8 Å². The highest BCUT2D eigenvalue weighted by Crippen LogP contribution is 2.61. The molecule has 3 fully saturated rings. The zero-order valence-electron chi connectivity index (χ0n) is 14.2. The first-order chi connectivity index (χ1) is 11.1. The Bertz CT molecular complexity index is 575. The van der Waals surface area contributed by atoms with Crippen LogP contribution in [0.2, 0.25) is 0 Å². The minimum atomic E-state index is -0.165. The van der Waals surface area contributed by atoms with Crippen molar-refractivity contribution in [2.45, 2.75) is 51.9 Å². The molecule has 3 nitrogen and oxygen atoms in total. The van der Waals surface area contributed by atoms with Crippen molar-refractivity contribution >= 4 is 5.69 Å². The van der Waals surface area contributed by atoms with Crippen LogP contribution in [0.1, 0.15) is 38.7 Å². The number of nitrogen functional groups attached to an aromatic ring is 1. The van der Waals surface area contributed by atoms with Crippen LogP contribution in [0.15, 0.2) is 24.3 Å². The number of aliphatic hydroxyl groups is 1. The third-order valence-corrected chi connectivity index (χ3v) is 6.95. The Morgan fingerprint density at radius 2 is 1.91 bits per heavy atom. The molecule has 4 rings (SSSR count). The van der Waals surface area contributed by atoms with Gasteiger partial charge < -0.3 is 15.6 Å². The van der Waals surface area contributed by atoms with Crippen LogP contribution < -0.4 is 5.73 Å². The Labute approximate surface area is 139 Å². The molecule has 0 spiro atoms. The van der Waals surface area contributed by atoms with Gasteiger partial charge in [-0.2, -0.15) is 0 Å². The molecule has 0 radical (unpaired) electrons. The molecule has 0 aromatic heterocycles. The molecular formula is C20H29NO2. The van der Waals surface area contributed by atoms with Crippen LogP contribution in [0, 0.1) is 35.5 Å². The van der Waals surface area contributed by atoms with Gasteiger partial charge in [-0.15, -0.1) is 0 Å². The van der Waals surface area contributed by atoms with E-state index < -0.39 is 0 Å². The zero-order valence-corrected chi connectivity index (χ0v) is 14.2. The van der Waals surface area contributed by atoms with Crippen molar-refractivity contribution in [3.05, 3.63) is 29.8 Å². The summed E-state index contributed by atoms with van der Waals surface area (Å²) in [5.74, 6) is 3.65. The summed E-state index contributed by atoms with van der Waals surface area (Å²) < 4.78 is 6.31. The molecule has 0 saturated heterocycles. The predicted octanol–water partition coefficient (Wildman–Crippen LogP) is 3.46. The number of para-hydroxylation sites is 1. The lowest BCUT2D eigenvalue weighted by Crippen LogP contribution is -2.51. The quantitative estimate of drug-likeness (QED) is 0.840. The summed E-state index contributed by atoms with van der Waals surface area (Å²) in [7, 11) is 0. The normalized spacial score (nSPS) is 45.2. The fourth-order valence-corrected chi connectivity index (χ4v) is 5.62. The maximum Gasteiger partial charge on any atom is 0.0740 e. The van der Waals surface area contributed by atoms with E-state index in [2.05, 4.69) is 13.8 Å². The number of hydrogen-bond donors (Lipinski definition) is 2. The SMILES string of the molecule is CC1CCC(OCc2ccccc2N)C2C(O)C3CC3C(C)C12. The number of benzene rings is 1. The topological polar surface area (TPSA) is 55.5 Å². The van der Waals surface area contributed by atoms with Gasteiger partial charge in [0, 0.05) is 17.2 Å². The van der Waals surface area contributed by atoms with Crippen LogP contribution in [0.25, 0.3) is 0 Å². The molecule has 3 aliphatic carbocycles. The Balaban J connectivity index is 1.51. The number of fused-ring (bicyclic) bond motifs is 2. The number of aliphatic hydroxyl groups excluding tert-OH is 1. The van der Waals surface area contributed by atoms with Crippen molar-refractivity contribution in [2.24, 2.45) is 35.5 Å². The average molecular weight is 315 g/mol. The molecule has 3 N–H and O–H groups in total. The minimum Gasteiger partial charge on any atom is -0.398 e. The van der Waals surface area contributed by atoms with Gasteiger partial charge in [-0.1, -0.05) is 32.0 Å². The van der Waals surface area contributed by atoms with Crippen LogP contribution in [0.4, 0.5) is 5.69 Å². The van der Waals surface area contributed by atoms with E-state index in [1.54, 1.807) is 0 Å². The predicted molar refractivity (Wildman–Crippen MR) is 91.6 cm³/mol. The third kappa shape index (κ3) is 2.58. The highest BCUT2D eigenvalue weighted by atomic mass is 16.5. The number of anilines is 1. The molecule has 3 aliphatic rings. The molecule has 1 aromatic rings. The van der Waals surface area contributed by atoms with E-state index in [0.717, 1.165) is 29.5 Å². The second-order valence-corrected chi connectivity index (χ2v) is 8.17. The van der Waals surface area contributed by atoms with E-state index in [0.29, 0.717) is 30.3 Å². The van der Waals surface area contributed by atoms with E-state index in [-0.39, 0.29) is 12.2 Å². The summed E-state index contributed by atoms with van der Waals surface area (Å²) in [6.45, 7) is 5.33. The van der Waals surface area contributed by atoms with Gasteiger partial charge in [0.25, 0.3) is 0 Å². The van der Waals surface area contributed by atoms with Crippen LogP contribution in [-0.2, 0) is 11.3 Å². The summed E-state index contributed by atoms with van der Waals surface area (Å²) in [5.41, 5.74) is 7.90. The summed E-state index contributed by atoms with van der Waals surface area (Å²) in [5, 5.41) is 10.9. The molecule has 0 bridgehead atoms. The van der Waals surface area contributed by atoms with E-state index in [9.17, 15) is 5.11 Å². The van der Waals surface area contributed by atoms with Gasteiger partial charge in [0.2, 0.25) is 0 Å². The molecule has 8 unspecified atom stereocenters. The molecule has 126 valence electrons. The van der Waals surface area contributed by atoms with Gasteiger partial charge in [-0.3, -0.25) is 0 Å². The molecule has 8 atom stereocenters. The monoisotopic (exact) mass is 315 g/mol. The first-order valence-corrected chi connectivity index (χ1v) is 9.21. The Morgan fingerprint density at radius 3 is 2.70 bits per heavy atom. The molecule has 0 amide bonds. The van der Waals surface area contributed by atoms with Gasteiger partial charge >= 0.3 is 0 Å². The second kappa shape index (κ2) is 5.78. The van der Waals surface area contributed by atoms with E-state index in [4.69, 9.17) is 10.5 Å². The second-order valence-electron chi connectivity index (χ2n) is 8.17. The fraction of sp³-hybridized carbons (Fsp3) is 0.700. The number of ether oxygens (including phenoxy) is 1. The maximum absolute atomic E-state index is 10.9. The molecule has 23 heavy (non-hydrogen) atoms. The summed E-state index contributed by atoms with van der Waals surface area (Å²) in [4.78, 5) is 0.